The Bertz CT molecular complexity index is 1190. The van der Waals surface area contributed by atoms with E-state index < -0.39 is 6.10 Å². The average molecular weight is 464 g/mol. The van der Waals surface area contributed by atoms with Crippen molar-refractivity contribution in [2.45, 2.75) is 13.0 Å². The Kier molecular flexibility index (Phi) is 6.24. The van der Waals surface area contributed by atoms with Gasteiger partial charge in [0.25, 0.3) is 0 Å². The minimum atomic E-state index is -0.473. The highest BCUT2D eigenvalue weighted by atomic mass is 19.1. The molecule has 0 aromatic heterocycles. The molecule has 0 saturated carbocycles. The summed E-state index contributed by atoms with van der Waals surface area (Å²) in [4.78, 5) is 2.18. The smallest absolute Gasteiger partial charge is 0.169 e. The van der Waals surface area contributed by atoms with Crippen molar-refractivity contribution in [2.75, 3.05) is 32.9 Å². The summed E-state index contributed by atoms with van der Waals surface area (Å²) in [5.74, 6) is 1.15. The van der Waals surface area contributed by atoms with Crippen molar-refractivity contribution < 1.29 is 23.4 Å². The first kappa shape index (κ1) is 22.4. The molecule has 0 aliphatic carbocycles. The molecular weight excluding hydrogens is 436 g/mol. The van der Waals surface area contributed by atoms with E-state index in [1.54, 1.807) is 24.3 Å². The second kappa shape index (κ2) is 9.47. The molecule has 1 atom stereocenters. The van der Waals surface area contributed by atoms with Crippen molar-refractivity contribution in [3.8, 4) is 17.2 Å². The minimum Gasteiger partial charge on any atom is -0.504 e. The number of rotatable bonds is 7. The number of alkyl halides is 1. The van der Waals surface area contributed by atoms with Gasteiger partial charge in [0.05, 0.1) is 6.67 Å². The van der Waals surface area contributed by atoms with E-state index in [-0.39, 0.29) is 24.2 Å². The van der Waals surface area contributed by atoms with E-state index in [2.05, 4.69) is 4.90 Å². The van der Waals surface area contributed by atoms with E-state index >= 15 is 0 Å². The highest BCUT2D eigenvalue weighted by Crippen LogP contribution is 2.49. The van der Waals surface area contributed by atoms with Gasteiger partial charge in [-0.05, 0) is 54.0 Å². The van der Waals surface area contributed by atoms with Gasteiger partial charge in [-0.2, -0.15) is 0 Å². The molecule has 34 heavy (non-hydrogen) atoms. The van der Waals surface area contributed by atoms with E-state index in [9.17, 15) is 13.9 Å². The topological polar surface area (TPSA) is 41.9 Å². The summed E-state index contributed by atoms with van der Waals surface area (Å²) in [6.07, 6.45) is -0.473. The normalized spacial score (nSPS) is 18.3. The summed E-state index contributed by atoms with van der Waals surface area (Å²) >= 11 is 0. The van der Waals surface area contributed by atoms with E-state index in [1.165, 1.54) is 12.1 Å². The van der Waals surface area contributed by atoms with Crippen LogP contribution >= 0.6 is 0 Å². The molecule has 2 heterocycles. The Hall–Kier alpha value is -3.38. The predicted molar refractivity (Wildman–Crippen MR) is 128 cm³/mol. The first-order valence-corrected chi connectivity index (χ1v) is 11.5. The Morgan fingerprint density at radius 3 is 2.47 bits per heavy atom. The molecule has 0 spiro atoms. The van der Waals surface area contributed by atoms with Crippen LogP contribution in [0.2, 0.25) is 0 Å². The zero-order valence-electron chi connectivity index (χ0n) is 19.0. The largest absolute Gasteiger partial charge is 0.504 e. The molecule has 0 bridgehead atoms. The third-order valence-electron chi connectivity index (χ3n) is 6.57. The van der Waals surface area contributed by atoms with Gasteiger partial charge in [0, 0.05) is 36.7 Å². The number of benzene rings is 3. The Labute approximate surface area is 198 Å². The van der Waals surface area contributed by atoms with Gasteiger partial charge < -0.3 is 14.6 Å². The van der Waals surface area contributed by atoms with Gasteiger partial charge in [0.1, 0.15) is 24.3 Å². The van der Waals surface area contributed by atoms with Crippen LogP contribution in [0.1, 0.15) is 29.7 Å². The zero-order valence-corrected chi connectivity index (χ0v) is 19.0. The highest BCUT2D eigenvalue weighted by Gasteiger charge is 2.31. The summed E-state index contributed by atoms with van der Waals surface area (Å²) in [6.45, 7) is 4.65. The molecule has 2 aliphatic heterocycles. The van der Waals surface area contributed by atoms with Crippen molar-refractivity contribution in [2.24, 2.45) is 5.92 Å². The Morgan fingerprint density at radius 1 is 1.03 bits per heavy atom. The van der Waals surface area contributed by atoms with Gasteiger partial charge >= 0.3 is 0 Å². The third-order valence-corrected chi connectivity index (χ3v) is 6.57. The van der Waals surface area contributed by atoms with Crippen LogP contribution in [0.3, 0.4) is 0 Å². The molecule has 1 fully saturated rings. The lowest BCUT2D eigenvalue weighted by atomic mass is 9.86. The van der Waals surface area contributed by atoms with Gasteiger partial charge in [-0.3, -0.25) is 9.29 Å². The average Bonchev–Trinajstić information content (AvgIpc) is 2.82. The minimum absolute atomic E-state index is 0.0842. The molecule has 0 amide bonds. The SMILES string of the molecule is CC1=C(c2ccc(F)cc2)[C@H](c2ccc(OCCN3CC(CF)C3)cc2)Oc2c(O)cccc21. The Morgan fingerprint density at radius 2 is 1.76 bits per heavy atom. The molecule has 176 valence electrons. The van der Waals surface area contributed by atoms with Crippen LogP contribution in [0.15, 0.2) is 66.7 Å². The number of ether oxygens (including phenoxy) is 2. The standard InChI is InChI=1S/C28H27F2NO3/c1-18-24-3-2-4-25(32)28(24)34-27(26(18)20-5-9-22(30)10-6-20)21-7-11-23(12-8-21)33-14-13-31-16-19(15-29)17-31/h2-12,19,27,32H,13-17H2,1H3/t27-/m0/s1. The second-order valence-electron chi connectivity index (χ2n) is 8.89. The molecule has 0 unspecified atom stereocenters. The fourth-order valence-corrected chi connectivity index (χ4v) is 4.68. The van der Waals surface area contributed by atoms with Gasteiger partial charge in [0.15, 0.2) is 11.5 Å². The van der Waals surface area contributed by atoms with E-state index in [0.29, 0.717) is 12.4 Å². The number of para-hydroxylation sites is 1. The number of phenols is 1. The van der Waals surface area contributed by atoms with Crippen molar-refractivity contribution >= 4 is 11.1 Å². The van der Waals surface area contributed by atoms with Gasteiger partial charge in [-0.15, -0.1) is 0 Å². The molecule has 2 aliphatic rings. The zero-order chi connectivity index (χ0) is 23.7. The number of aromatic hydroxyl groups is 1. The fraction of sp³-hybridized carbons (Fsp3) is 0.286. The summed E-state index contributed by atoms with van der Waals surface area (Å²) < 4.78 is 38.4. The highest BCUT2D eigenvalue weighted by molar-refractivity contribution is 5.96. The molecule has 1 N–H and O–H groups in total. The van der Waals surface area contributed by atoms with Crippen LogP contribution in [0.25, 0.3) is 11.1 Å². The third kappa shape index (κ3) is 4.38. The molecule has 6 heteroatoms. The maximum absolute atomic E-state index is 13.6. The second-order valence-corrected chi connectivity index (χ2v) is 8.89. The number of allylic oxidation sites excluding steroid dienone is 1. The van der Waals surface area contributed by atoms with E-state index in [4.69, 9.17) is 9.47 Å². The van der Waals surface area contributed by atoms with Gasteiger partial charge in [0.2, 0.25) is 0 Å². The van der Waals surface area contributed by atoms with Crippen LogP contribution < -0.4 is 9.47 Å². The molecule has 3 aromatic carbocycles. The summed E-state index contributed by atoms with van der Waals surface area (Å²) in [6, 6.07) is 19.4. The quantitative estimate of drug-likeness (QED) is 0.476. The van der Waals surface area contributed by atoms with Crippen molar-refractivity contribution in [3.05, 3.63) is 89.2 Å². The number of hydrogen-bond donors (Lipinski definition) is 1. The van der Waals surface area contributed by atoms with E-state index in [1.807, 2.05) is 37.3 Å². The molecule has 3 aromatic rings. The van der Waals surface area contributed by atoms with Crippen molar-refractivity contribution in [1.29, 1.82) is 0 Å². The predicted octanol–water partition coefficient (Wildman–Crippen LogP) is 5.88. The molecule has 0 radical (unpaired) electrons. The van der Waals surface area contributed by atoms with Crippen LogP contribution in [0, 0.1) is 11.7 Å². The van der Waals surface area contributed by atoms with Crippen LogP contribution in [-0.4, -0.2) is 42.9 Å². The first-order chi connectivity index (χ1) is 16.5. The molecule has 1 saturated heterocycles. The van der Waals surface area contributed by atoms with Crippen LogP contribution in [0.5, 0.6) is 17.2 Å². The molecule has 5 rings (SSSR count). The molecule has 4 nitrogen and oxygen atoms in total. The lowest BCUT2D eigenvalue weighted by Crippen LogP contribution is -2.49. The van der Waals surface area contributed by atoms with E-state index in [0.717, 1.165) is 53.2 Å². The van der Waals surface area contributed by atoms with Crippen molar-refractivity contribution in [1.82, 2.24) is 4.90 Å². The Balaban J connectivity index is 1.38. The number of hydrogen-bond acceptors (Lipinski definition) is 4. The summed E-state index contributed by atoms with van der Waals surface area (Å²) in [7, 11) is 0. The first-order valence-electron chi connectivity index (χ1n) is 11.5. The monoisotopic (exact) mass is 463 g/mol. The number of phenolic OH excluding ortho intramolecular Hbond substituents is 1. The van der Waals surface area contributed by atoms with Crippen molar-refractivity contribution in [3.63, 3.8) is 0 Å². The number of halogens is 2. The number of nitrogens with zero attached hydrogens (tertiary/aromatic N) is 1. The number of likely N-dealkylation sites (tertiary alicyclic amines) is 1. The number of fused-ring (bicyclic) bond motifs is 1. The van der Waals surface area contributed by atoms with Crippen LogP contribution in [0.4, 0.5) is 8.78 Å². The molecular formula is C28H27F2NO3. The lowest BCUT2D eigenvalue weighted by Gasteiger charge is -2.37. The van der Waals surface area contributed by atoms with Gasteiger partial charge in [-0.25, -0.2) is 4.39 Å². The summed E-state index contributed by atoms with van der Waals surface area (Å²) in [5.41, 5.74) is 4.46. The maximum Gasteiger partial charge on any atom is 0.169 e. The van der Waals surface area contributed by atoms with Crippen LogP contribution in [-0.2, 0) is 0 Å². The maximum atomic E-state index is 13.6. The van der Waals surface area contributed by atoms with Gasteiger partial charge in [-0.1, -0.05) is 36.4 Å². The summed E-state index contributed by atoms with van der Waals surface area (Å²) in [5, 5.41) is 10.4. The fourth-order valence-electron chi connectivity index (χ4n) is 4.68. The lowest BCUT2D eigenvalue weighted by molar-refractivity contribution is 0.0668.